The zero-order chi connectivity index (χ0) is 12.1. The fourth-order valence-corrected chi connectivity index (χ4v) is 1.24. The number of aromatic nitrogens is 1. The van der Waals surface area contributed by atoms with Gasteiger partial charge in [-0.25, -0.2) is 4.98 Å². The Hall–Kier alpha value is -2.11. The van der Waals surface area contributed by atoms with E-state index in [2.05, 4.69) is 4.98 Å². The van der Waals surface area contributed by atoms with E-state index in [1.54, 1.807) is 19.1 Å². The third-order valence-electron chi connectivity index (χ3n) is 2.04. The van der Waals surface area contributed by atoms with Crippen LogP contribution in [-0.4, -0.2) is 40.0 Å². The van der Waals surface area contributed by atoms with Crippen LogP contribution in [0.5, 0.6) is 0 Å². The van der Waals surface area contributed by atoms with Gasteiger partial charge in [0.15, 0.2) is 5.69 Å². The van der Waals surface area contributed by atoms with Crippen molar-refractivity contribution in [2.45, 2.75) is 6.92 Å². The Labute approximate surface area is 92.7 Å². The lowest BCUT2D eigenvalue weighted by Crippen LogP contribution is -2.36. The minimum Gasteiger partial charge on any atom is -0.480 e. The second kappa shape index (κ2) is 5.11. The van der Waals surface area contributed by atoms with Gasteiger partial charge in [-0.05, 0) is 19.1 Å². The molecule has 0 aromatic carbocycles. The molecule has 6 nitrogen and oxygen atoms in total. The summed E-state index contributed by atoms with van der Waals surface area (Å²) in [5.41, 5.74) is 5.92. The van der Waals surface area contributed by atoms with Gasteiger partial charge >= 0.3 is 5.97 Å². The topological polar surface area (TPSA) is 96.5 Å². The van der Waals surface area contributed by atoms with Crippen LogP contribution >= 0.6 is 0 Å². The molecular formula is C10H13N3O3. The smallest absolute Gasteiger partial charge is 0.323 e. The number of carboxylic acid groups (broad SMARTS) is 1. The second-order valence-corrected chi connectivity index (χ2v) is 3.15. The minimum atomic E-state index is -1.07. The zero-order valence-corrected chi connectivity index (χ0v) is 8.88. The van der Waals surface area contributed by atoms with Gasteiger partial charge in [-0.15, -0.1) is 0 Å². The van der Waals surface area contributed by atoms with Gasteiger partial charge in [-0.3, -0.25) is 9.59 Å². The van der Waals surface area contributed by atoms with Gasteiger partial charge in [0.1, 0.15) is 6.54 Å². The lowest BCUT2D eigenvalue weighted by atomic mass is 10.2. The summed E-state index contributed by atoms with van der Waals surface area (Å²) in [5.74, 6) is -1.53. The summed E-state index contributed by atoms with van der Waals surface area (Å²) >= 11 is 0. The quantitative estimate of drug-likeness (QED) is 0.760. The zero-order valence-electron chi connectivity index (χ0n) is 8.88. The molecule has 0 aliphatic carbocycles. The molecule has 0 radical (unpaired) electrons. The molecule has 1 amide bonds. The van der Waals surface area contributed by atoms with E-state index >= 15 is 0 Å². The lowest BCUT2D eigenvalue weighted by Gasteiger charge is -2.18. The van der Waals surface area contributed by atoms with Gasteiger partial charge in [0.05, 0.1) is 5.69 Å². The molecule has 16 heavy (non-hydrogen) atoms. The van der Waals surface area contributed by atoms with Crippen molar-refractivity contribution < 1.29 is 14.7 Å². The number of likely N-dealkylation sites (N-methyl/N-ethyl adjacent to an activating group) is 1. The van der Waals surface area contributed by atoms with Crippen LogP contribution in [0.2, 0.25) is 0 Å². The van der Waals surface area contributed by atoms with Crippen LogP contribution < -0.4 is 5.73 Å². The van der Waals surface area contributed by atoms with Crippen molar-refractivity contribution >= 4 is 17.6 Å². The summed E-state index contributed by atoms with van der Waals surface area (Å²) in [5, 5.41) is 8.63. The summed E-state index contributed by atoms with van der Waals surface area (Å²) in [6.45, 7) is 1.63. The molecule has 0 fully saturated rings. The third kappa shape index (κ3) is 2.69. The molecule has 1 rings (SSSR count). The molecule has 86 valence electrons. The Morgan fingerprint density at radius 3 is 2.75 bits per heavy atom. The second-order valence-electron chi connectivity index (χ2n) is 3.15. The van der Waals surface area contributed by atoms with Crippen molar-refractivity contribution in [2.75, 3.05) is 18.8 Å². The summed E-state index contributed by atoms with van der Waals surface area (Å²) in [4.78, 5) is 27.4. The highest BCUT2D eigenvalue weighted by Crippen LogP contribution is 2.10. The van der Waals surface area contributed by atoms with Crippen molar-refractivity contribution in [3.8, 4) is 0 Å². The highest BCUT2D eigenvalue weighted by molar-refractivity contribution is 5.98. The number of pyridine rings is 1. The van der Waals surface area contributed by atoms with Crippen molar-refractivity contribution in [3.63, 3.8) is 0 Å². The van der Waals surface area contributed by atoms with E-state index in [1.807, 2.05) is 0 Å². The highest BCUT2D eigenvalue weighted by atomic mass is 16.4. The fraction of sp³-hybridized carbons (Fsp3) is 0.300. The predicted octanol–water partition coefficient (Wildman–Crippen LogP) is 0.210. The Morgan fingerprint density at radius 2 is 2.25 bits per heavy atom. The summed E-state index contributed by atoms with van der Waals surface area (Å²) in [7, 11) is 0. The van der Waals surface area contributed by atoms with Crippen LogP contribution in [0.3, 0.4) is 0 Å². The van der Waals surface area contributed by atoms with Crippen LogP contribution in [0.1, 0.15) is 17.4 Å². The maximum atomic E-state index is 11.9. The molecule has 0 atom stereocenters. The van der Waals surface area contributed by atoms with Gasteiger partial charge in [0.25, 0.3) is 5.91 Å². The fourth-order valence-electron chi connectivity index (χ4n) is 1.24. The summed E-state index contributed by atoms with van der Waals surface area (Å²) in [6.07, 6.45) is 1.44. The summed E-state index contributed by atoms with van der Waals surface area (Å²) < 4.78 is 0. The summed E-state index contributed by atoms with van der Waals surface area (Å²) in [6, 6.07) is 3.16. The van der Waals surface area contributed by atoms with Crippen LogP contribution in [0.4, 0.5) is 5.69 Å². The minimum absolute atomic E-state index is 0.0885. The van der Waals surface area contributed by atoms with Crippen molar-refractivity contribution in [3.05, 3.63) is 24.0 Å². The number of carbonyl (C=O) groups excluding carboxylic acids is 1. The van der Waals surface area contributed by atoms with Crippen molar-refractivity contribution in [1.29, 1.82) is 0 Å². The molecule has 1 aromatic rings. The van der Waals surface area contributed by atoms with Crippen LogP contribution in [0.25, 0.3) is 0 Å². The first kappa shape index (κ1) is 12.0. The van der Waals surface area contributed by atoms with Gasteiger partial charge < -0.3 is 15.7 Å². The first-order valence-electron chi connectivity index (χ1n) is 4.77. The molecule has 3 N–H and O–H groups in total. The Balaban J connectivity index is 2.91. The average Bonchev–Trinajstić information content (AvgIpc) is 2.25. The number of anilines is 1. The Bertz CT molecular complexity index is 406. The number of hydrogen-bond acceptors (Lipinski definition) is 4. The first-order chi connectivity index (χ1) is 7.56. The van der Waals surface area contributed by atoms with Crippen LogP contribution in [0.15, 0.2) is 18.3 Å². The van der Waals surface area contributed by atoms with E-state index in [1.165, 1.54) is 11.1 Å². The molecule has 0 spiro atoms. The van der Waals surface area contributed by atoms with Crippen molar-refractivity contribution in [1.82, 2.24) is 9.88 Å². The van der Waals surface area contributed by atoms with E-state index in [9.17, 15) is 9.59 Å². The molecule has 0 saturated heterocycles. The third-order valence-corrected chi connectivity index (χ3v) is 2.04. The SMILES string of the molecule is CCN(CC(=O)O)C(=O)c1ncccc1N. The molecule has 0 aliphatic heterocycles. The molecule has 1 heterocycles. The Kier molecular flexibility index (Phi) is 3.82. The normalized spacial score (nSPS) is 9.81. The maximum absolute atomic E-state index is 11.9. The van der Waals surface area contributed by atoms with Gasteiger partial charge in [-0.1, -0.05) is 0 Å². The number of nitrogens with zero attached hydrogens (tertiary/aromatic N) is 2. The van der Waals surface area contributed by atoms with Gasteiger partial charge in [0.2, 0.25) is 0 Å². The first-order valence-corrected chi connectivity index (χ1v) is 4.77. The predicted molar refractivity (Wildman–Crippen MR) is 57.9 cm³/mol. The number of rotatable bonds is 4. The molecule has 1 aromatic heterocycles. The van der Waals surface area contributed by atoms with Crippen molar-refractivity contribution in [2.24, 2.45) is 0 Å². The number of hydrogen-bond donors (Lipinski definition) is 2. The monoisotopic (exact) mass is 223 g/mol. The number of nitrogens with two attached hydrogens (primary N) is 1. The standard InChI is InChI=1S/C10H13N3O3/c1-2-13(6-8(14)15)10(16)9-7(11)4-3-5-12-9/h3-5H,2,6,11H2,1H3,(H,14,15). The number of carboxylic acids is 1. The van der Waals surface area contributed by atoms with Gasteiger partial charge in [-0.2, -0.15) is 0 Å². The number of carbonyl (C=O) groups is 2. The number of nitrogen functional groups attached to an aromatic ring is 1. The van der Waals surface area contributed by atoms with E-state index in [-0.39, 0.29) is 17.9 Å². The van der Waals surface area contributed by atoms with Crippen LogP contribution in [0, 0.1) is 0 Å². The van der Waals surface area contributed by atoms with E-state index in [0.717, 1.165) is 0 Å². The number of amides is 1. The number of aliphatic carboxylic acids is 1. The Morgan fingerprint density at radius 1 is 1.56 bits per heavy atom. The van der Waals surface area contributed by atoms with E-state index < -0.39 is 11.9 Å². The molecule has 0 bridgehead atoms. The molecular weight excluding hydrogens is 210 g/mol. The van der Waals surface area contributed by atoms with Gasteiger partial charge in [0, 0.05) is 12.7 Å². The molecule has 0 saturated carbocycles. The lowest BCUT2D eigenvalue weighted by molar-refractivity contribution is -0.137. The maximum Gasteiger partial charge on any atom is 0.323 e. The molecule has 6 heteroatoms. The van der Waals surface area contributed by atoms with E-state index in [4.69, 9.17) is 10.8 Å². The van der Waals surface area contributed by atoms with Crippen LogP contribution in [-0.2, 0) is 4.79 Å². The average molecular weight is 223 g/mol. The highest BCUT2D eigenvalue weighted by Gasteiger charge is 2.19. The molecule has 0 unspecified atom stereocenters. The molecule has 0 aliphatic rings. The van der Waals surface area contributed by atoms with E-state index in [0.29, 0.717) is 6.54 Å². The largest absolute Gasteiger partial charge is 0.480 e.